The molecule has 18 heavy (non-hydrogen) atoms. The highest BCUT2D eigenvalue weighted by Crippen LogP contribution is 2.17. The van der Waals surface area contributed by atoms with E-state index in [0.717, 1.165) is 10.6 Å². The second-order valence-electron chi connectivity index (χ2n) is 3.69. The second-order valence-corrected chi connectivity index (χ2v) is 5.01. The highest BCUT2D eigenvalue weighted by Gasteiger charge is 2.05. The topological polar surface area (TPSA) is 29.1 Å². The van der Waals surface area contributed by atoms with Crippen LogP contribution in [-0.4, -0.2) is 12.2 Å². The average Bonchev–Trinajstić information content (AvgIpc) is 2.41. The van der Waals surface area contributed by atoms with Gasteiger partial charge in [-0.05, 0) is 54.8 Å². The number of anilines is 1. The molecule has 0 radical (unpaired) electrons. The zero-order valence-corrected chi connectivity index (χ0v) is 11.4. The molecule has 92 valence electrons. The van der Waals surface area contributed by atoms with Crippen LogP contribution < -0.4 is 5.32 Å². The number of carbonyl (C=O) groups is 1. The van der Waals surface area contributed by atoms with E-state index in [9.17, 15) is 4.79 Å². The van der Waals surface area contributed by atoms with Crippen molar-refractivity contribution in [2.24, 2.45) is 0 Å². The van der Waals surface area contributed by atoms with Gasteiger partial charge >= 0.3 is 0 Å². The van der Waals surface area contributed by atoms with Crippen LogP contribution in [0.5, 0.6) is 0 Å². The largest absolute Gasteiger partial charge is 0.322 e. The SMILES string of the molecule is CSc1ccc(C(=O)Nc2ccc(Cl)cc2)cc1. The summed E-state index contributed by atoms with van der Waals surface area (Å²) in [6.45, 7) is 0. The van der Waals surface area contributed by atoms with E-state index in [2.05, 4.69) is 5.32 Å². The summed E-state index contributed by atoms with van der Waals surface area (Å²) in [6.07, 6.45) is 2.00. The highest BCUT2D eigenvalue weighted by atomic mass is 35.5. The fourth-order valence-corrected chi connectivity index (χ4v) is 2.01. The molecule has 1 N–H and O–H groups in total. The predicted molar refractivity (Wildman–Crippen MR) is 77.6 cm³/mol. The minimum Gasteiger partial charge on any atom is -0.322 e. The van der Waals surface area contributed by atoms with Crippen LogP contribution in [0.3, 0.4) is 0 Å². The third kappa shape index (κ3) is 3.28. The molecule has 2 aromatic carbocycles. The standard InChI is InChI=1S/C14H12ClNOS/c1-18-13-8-2-10(3-9-13)14(17)16-12-6-4-11(15)5-7-12/h2-9H,1H3,(H,16,17). The summed E-state index contributed by atoms with van der Waals surface area (Å²) >= 11 is 7.43. The Bertz CT molecular complexity index is 537. The number of rotatable bonds is 3. The van der Waals surface area contributed by atoms with Crippen LogP contribution >= 0.6 is 23.4 Å². The third-order valence-electron chi connectivity index (χ3n) is 2.45. The number of amides is 1. The van der Waals surface area contributed by atoms with Crippen LogP contribution in [0.25, 0.3) is 0 Å². The van der Waals surface area contributed by atoms with Gasteiger partial charge in [-0.15, -0.1) is 11.8 Å². The first-order valence-corrected chi connectivity index (χ1v) is 7.00. The van der Waals surface area contributed by atoms with Crippen molar-refractivity contribution in [1.82, 2.24) is 0 Å². The van der Waals surface area contributed by atoms with Crippen molar-refractivity contribution in [2.75, 3.05) is 11.6 Å². The molecule has 0 aliphatic heterocycles. The highest BCUT2D eigenvalue weighted by molar-refractivity contribution is 7.98. The summed E-state index contributed by atoms with van der Waals surface area (Å²) in [7, 11) is 0. The van der Waals surface area contributed by atoms with E-state index in [1.54, 1.807) is 36.0 Å². The van der Waals surface area contributed by atoms with E-state index < -0.39 is 0 Å². The lowest BCUT2D eigenvalue weighted by Crippen LogP contribution is -2.11. The van der Waals surface area contributed by atoms with Crippen molar-refractivity contribution in [2.45, 2.75) is 4.90 Å². The first-order chi connectivity index (χ1) is 8.69. The second kappa shape index (κ2) is 5.94. The molecule has 0 spiro atoms. The van der Waals surface area contributed by atoms with Gasteiger partial charge in [0.15, 0.2) is 0 Å². The van der Waals surface area contributed by atoms with Gasteiger partial charge < -0.3 is 5.32 Å². The molecule has 0 aromatic heterocycles. The van der Waals surface area contributed by atoms with Crippen molar-refractivity contribution in [3.63, 3.8) is 0 Å². The van der Waals surface area contributed by atoms with Crippen LogP contribution in [0.2, 0.25) is 5.02 Å². The van der Waals surface area contributed by atoms with Gasteiger partial charge in [0, 0.05) is 21.2 Å². The quantitative estimate of drug-likeness (QED) is 0.847. The smallest absolute Gasteiger partial charge is 0.255 e. The van der Waals surface area contributed by atoms with Crippen LogP contribution in [0.15, 0.2) is 53.4 Å². The van der Waals surface area contributed by atoms with Crippen LogP contribution in [0, 0.1) is 0 Å². The van der Waals surface area contributed by atoms with Crippen LogP contribution in [0.4, 0.5) is 5.69 Å². The van der Waals surface area contributed by atoms with E-state index >= 15 is 0 Å². The van der Waals surface area contributed by atoms with Crippen LogP contribution in [0.1, 0.15) is 10.4 Å². The fourth-order valence-electron chi connectivity index (χ4n) is 1.48. The molecule has 0 aliphatic carbocycles. The zero-order chi connectivity index (χ0) is 13.0. The van der Waals surface area contributed by atoms with E-state index in [0.29, 0.717) is 10.6 Å². The molecule has 0 atom stereocenters. The molecular formula is C14H12ClNOS. The number of benzene rings is 2. The van der Waals surface area contributed by atoms with E-state index in [1.165, 1.54) is 0 Å². The van der Waals surface area contributed by atoms with Gasteiger partial charge in [-0.25, -0.2) is 0 Å². The molecule has 0 heterocycles. The molecule has 1 amide bonds. The summed E-state index contributed by atoms with van der Waals surface area (Å²) in [5, 5.41) is 3.47. The molecular weight excluding hydrogens is 266 g/mol. The molecule has 4 heteroatoms. The first kappa shape index (κ1) is 13.0. The molecule has 0 fully saturated rings. The van der Waals surface area contributed by atoms with Gasteiger partial charge in [-0.3, -0.25) is 4.79 Å². The van der Waals surface area contributed by atoms with Gasteiger partial charge in [-0.2, -0.15) is 0 Å². The third-order valence-corrected chi connectivity index (χ3v) is 3.45. The minimum atomic E-state index is -0.120. The van der Waals surface area contributed by atoms with Crippen molar-refractivity contribution in [3.8, 4) is 0 Å². The molecule has 0 saturated carbocycles. The lowest BCUT2D eigenvalue weighted by atomic mass is 10.2. The maximum Gasteiger partial charge on any atom is 0.255 e. The molecule has 0 unspecified atom stereocenters. The van der Waals surface area contributed by atoms with Gasteiger partial charge in [0.2, 0.25) is 0 Å². The summed E-state index contributed by atoms with van der Waals surface area (Å²) < 4.78 is 0. The number of carbonyl (C=O) groups excluding carboxylic acids is 1. The van der Waals surface area contributed by atoms with Gasteiger partial charge in [0.1, 0.15) is 0 Å². The summed E-state index contributed by atoms with van der Waals surface area (Å²) in [6, 6.07) is 14.5. The molecule has 2 aromatic rings. The van der Waals surface area contributed by atoms with E-state index in [-0.39, 0.29) is 5.91 Å². The summed E-state index contributed by atoms with van der Waals surface area (Å²) in [5.41, 5.74) is 1.38. The maximum atomic E-state index is 11.9. The number of halogens is 1. The van der Waals surface area contributed by atoms with Gasteiger partial charge in [-0.1, -0.05) is 11.6 Å². The average molecular weight is 278 g/mol. The lowest BCUT2D eigenvalue weighted by Gasteiger charge is -2.05. The Kier molecular flexibility index (Phi) is 4.28. The van der Waals surface area contributed by atoms with Crippen molar-refractivity contribution >= 4 is 35.0 Å². The number of thioether (sulfide) groups is 1. The maximum absolute atomic E-state index is 11.9. The molecule has 2 rings (SSSR count). The number of nitrogens with one attached hydrogen (secondary N) is 1. The molecule has 0 bridgehead atoms. The Hall–Kier alpha value is -1.45. The fraction of sp³-hybridized carbons (Fsp3) is 0.0714. The Morgan fingerprint density at radius 2 is 1.67 bits per heavy atom. The van der Waals surface area contributed by atoms with Gasteiger partial charge in [0.05, 0.1) is 0 Å². The predicted octanol–water partition coefficient (Wildman–Crippen LogP) is 4.31. The van der Waals surface area contributed by atoms with E-state index in [4.69, 9.17) is 11.6 Å². The monoisotopic (exact) mass is 277 g/mol. The van der Waals surface area contributed by atoms with E-state index in [1.807, 2.05) is 30.5 Å². The number of hydrogen-bond acceptors (Lipinski definition) is 2. The van der Waals surface area contributed by atoms with Crippen molar-refractivity contribution in [3.05, 3.63) is 59.1 Å². The Balaban J connectivity index is 2.09. The lowest BCUT2D eigenvalue weighted by molar-refractivity contribution is 0.102. The summed E-state index contributed by atoms with van der Waals surface area (Å²) in [5.74, 6) is -0.120. The van der Waals surface area contributed by atoms with Crippen molar-refractivity contribution < 1.29 is 4.79 Å². The molecule has 0 saturated heterocycles. The Morgan fingerprint density at radius 3 is 2.22 bits per heavy atom. The number of hydrogen-bond donors (Lipinski definition) is 1. The summed E-state index contributed by atoms with van der Waals surface area (Å²) in [4.78, 5) is 13.1. The minimum absolute atomic E-state index is 0.120. The molecule has 2 nitrogen and oxygen atoms in total. The van der Waals surface area contributed by atoms with Crippen LogP contribution in [-0.2, 0) is 0 Å². The molecule has 0 aliphatic rings. The normalized spacial score (nSPS) is 10.1. The zero-order valence-electron chi connectivity index (χ0n) is 9.81. The van der Waals surface area contributed by atoms with Gasteiger partial charge in [0.25, 0.3) is 5.91 Å². The Morgan fingerprint density at radius 1 is 1.06 bits per heavy atom. The first-order valence-electron chi connectivity index (χ1n) is 5.40. The van der Waals surface area contributed by atoms with Crippen molar-refractivity contribution in [1.29, 1.82) is 0 Å². The Labute approximate surface area is 115 Å².